The number of non-ortho nitro benzene ring substituents is 1. The minimum absolute atomic E-state index is 0.00136. The van der Waals surface area contributed by atoms with E-state index in [0.29, 0.717) is 11.1 Å². The SMILES string of the molecule is CC[NH+](CC)Cc1cc(C(=O)/C=C/c2cccc([N+](=O)[O-])c2)ccc1OC. The van der Waals surface area contributed by atoms with Gasteiger partial charge in [0.05, 0.1) is 25.1 Å². The Morgan fingerprint density at radius 1 is 1.19 bits per heavy atom. The molecule has 0 amide bonds. The molecule has 2 rings (SSSR count). The second-order valence-electron chi connectivity index (χ2n) is 6.21. The van der Waals surface area contributed by atoms with Crippen molar-refractivity contribution in [1.82, 2.24) is 0 Å². The van der Waals surface area contributed by atoms with Gasteiger partial charge in [-0.3, -0.25) is 14.9 Å². The van der Waals surface area contributed by atoms with E-state index in [1.54, 1.807) is 31.4 Å². The number of benzene rings is 2. The van der Waals surface area contributed by atoms with Gasteiger partial charge in [0.1, 0.15) is 12.3 Å². The lowest BCUT2D eigenvalue weighted by molar-refractivity contribution is -0.910. The Bertz CT molecular complexity index is 842. The molecule has 0 unspecified atom stereocenters. The zero-order valence-electron chi connectivity index (χ0n) is 15.9. The predicted octanol–water partition coefficient (Wildman–Crippen LogP) is 2.92. The molecule has 0 saturated heterocycles. The second kappa shape index (κ2) is 9.64. The third kappa shape index (κ3) is 5.49. The first-order valence-corrected chi connectivity index (χ1v) is 8.95. The van der Waals surface area contributed by atoms with Crippen LogP contribution < -0.4 is 9.64 Å². The van der Waals surface area contributed by atoms with Gasteiger partial charge in [-0.2, -0.15) is 0 Å². The third-order valence-electron chi connectivity index (χ3n) is 4.51. The molecule has 2 aromatic carbocycles. The fraction of sp³-hybridized carbons (Fsp3) is 0.286. The Balaban J connectivity index is 2.23. The number of nitrogens with zero attached hydrogens (tertiary/aromatic N) is 1. The van der Waals surface area contributed by atoms with Crippen molar-refractivity contribution >= 4 is 17.5 Å². The van der Waals surface area contributed by atoms with Gasteiger partial charge >= 0.3 is 0 Å². The number of allylic oxidation sites excluding steroid dienone is 1. The summed E-state index contributed by atoms with van der Waals surface area (Å²) < 4.78 is 5.43. The molecule has 0 saturated carbocycles. The van der Waals surface area contributed by atoms with Crippen LogP contribution in [0.15, 0.2) is 48.5 Å². The van der Waals surface area contributed by atoms with Crippen molar-refractivity contribution in [3.63, 3.8) is 0 Å². The highest BCUT2D eigenvalue weighted by Gasteiger charge is 2.13. The van der Waals surface area contributed by atoms with Gasteiger partial charge in [0, 0.05) is 23.3 Å². The van der Waals surface area contributed by atoms with Gasteiger partial charge in [0.15, 0.2) is 5.78 Å². The molecular formula is C21H25N2O4+. The Morgan fingerprint density at radius 3 is 2.56 bits per heavy atom. The number of hydrogen-bond acceptors (Lipinski definition) is 4. The van der Waals surface area contributed by atoms with Crippen molar-refractivity contribution in [1.29, 1.82) is 0 Å². The average molecular weight is 369 g/mol. The van der Waals surface area contributed by atoms with Crippen LogP contribution in [0.1, 0.15) is 35.3 Å². The van der Waals surface area contributed by atoms with Gasteiger partial charge < -0.3 is 9.64 Å². The number of hydrogen-bond donors (Lipinski definition) is 1. The van der Waals surface area contributed by atoms with E-state index in [1.165, 1.54) is 23.1 Å². The third-order valence-corrected chi connectivity index (χ3v) is 4.51. The minimum atomic E-state index is -0.454. The summed E-state index contributed by atoms with van der Waals surface area (Å²) in [7, 11) is 1.63. The second-order valence-corrected chi connectivity index (χ2v) is 6.21. The van der Waals surface area contributed by atoms with Crippen LogP contribution in [0, 0.1) is 10.1 Å². The number of carbonyl (C=O) groups is 1. The normalized spacial score (nSPS) is 11.1. The molecule has 6 nitrogen and oxygen atoms in total. The summed E-state index contributed by atoms with van der Waals surface area (Å²) in [6.45, 7) is 7.02. The summed E-state index contributed by atoms with van der Waals surface area (Å²) in [6.07, 6.45) is 3.03. The molecule has 0 heterocycles. The van der Waals surface area contributed by atoms with Crippen LogP contribution in [0.25, 0.3) is 6.08 Å². The molecule has 0 aliphatic heterocycles. The summed E-state index contributed by atoms with van der Waals surface area (Å²) in [5.41, 5.74) is 2.17. The van der Waals surface area contributed by atoms with Crippen LogP contribution in [0.3, 0.4) is 0 Å². The van der Waals surface area contributed by atoms with Crippen molar-refractivity contribution in [3.8, 4) is 5.75 Å². The number of quaternary nitrogens is 1. The van der Waals surface area contributed by atoms with E-state index in [9.17, 15) is 14.9 Å². The maximum absolute atomic E-state index is 12.5. The van der Waals surface area contributed by atoms with Crippen LogP contribution in [0.5, 0.6) is 5.75 Å². The maximum atomic E-state index is 12.5. The number of nitro groups is 1. The quantitative estimate of drug-likeness (QED) is 0.319. The first-order chi connectivity index (χ1) is 13.0. The Labute approximate surface area is 159 Å². The van der Waals surface area contributed by atoms with Gasteiger partial charge in [-0.15, -0.1) is 0 Å². The highest BCUT2D eigenvalue weighted by atomic mass is 16.6. The predicted molar refractivity (Wildman–Crippen MR) is 105 cm³/mol. The van der Waals surface area contributed by atoms with Gasteiger partial charge in [0.25, 0.3) is 5.69 Å². The van der Waals surface area contributed by atoms with Gasteiger partial charge in [-0.05, 0) is 43.7 Å². The molecule has 2 aromatic rings. The fourth-order valence-corrected chi connectivity index (χ4v) is 2.85. The number of methoxy groups -OCH3 is 1. The summed E-state index contributed by atoms with van der Waals surface area (Å²) in [5, 5.41) is 10.8. The number of ether oxygens (including phenoxy) is 1. The van der Waals surface area contributed by atoms with Gasteiger partial charge in [0.2, 0.25) is 0 Å². The summed E-state index contributed by atoms with van der Waals surface area (Å²) >= 11 is 0. The Morgan fingerprint density at radius 2 is 1.93 bits per heavy atom. The lowest BCUT2D eigenvalue weighted by Crippen LogP contribution is -3.10. The van der Waals surface area contributed by atoms with E-state index < -0.39 is 4.92 Å². The van der Waals surface area contributed by atoms with Crippen molar-refractivity contribution in [3.05, 3.63) is 75.3 Å². The molecule has 0 radical (unpaired) electrons. The molecule has 0 aromatic heterocycles. The molecule has 0 atom stereocenters. The van der Waals surface area contributed by atoms with E-state index in [-0.39, 0.29) is 11.5 Å². The number of nitro benzene ring substituents is 1. The van der Waals surface area contributed by atoms with Gasteiger partial charge in [-0.25, -0.2) is 0 Å². The molecule has 0 fully saturated rings. The topological polar surface area (TPSA) is 73.9 Å². The molecular weight excluding hydrogens is 344 g/mol. The zero-order valence-corrected chi connectivity index (χ0v) is 15.9. The lowest BCUT2D eigenvalue weighted by Gasteiger charge is -2.17. The fourth-order valence-electron chi connectivity index (χ4n) is 2.85. The molecule has 0 aliphatic rings. The lowest BCUT2D eigenvalue weighted by atomic mass is 10.0. The number of nitrogens with one attached hydrogen (secondary N) is 1. The van der Waals surface area contributed by atoms with Crippen molar-refractivity contribution in [2.75, 3.05) is 20.2 Å². The van der Waals surface area contributed by atoms with E-state index >= 15 is 0 Å². The van der Waals surface area contributed by atoms with Crippen molar-refractivity contribution < 1.29 is 19.4 Å². The first-order valence-electron chi connectivity index (χ1n) is 8.95. The minimum Gasteiger partial charge on any atom is -0.496 e. The highest BCUT2D eigenvalue weighted by molar-refractivity contribution is 6.07. The monoisotopic (exact) mass is 369 g/mol. The highest BCUT2D eigenvalue weighted by Crippen LogP contribution is 2.20. The van der Waals surface area contributed by atoms with Crippen LogP contribution in [0.2, 0.25) is 0 Å². The first kappa shape index (κ1) is 20.3. The van der Waals surface area contributed by atoms with E-state index in [4.69, 9.17) is 4.74 Å². The Hall–Kier alpha value is -2.99. The van der Waals surface area contributed by atoms with E-state index in [0.717, 1.165) is 30.9 Å². The van der Waals surface area contributed by atoms with E-state index in [1.807, 2.05) is 12.1 Å². The Kier molecular flexibility index (Phi) is 7.25. The van der Waals surface area contributed by atoms with Gasteiger partial charge in [-0.1, -0.05) is 18.2 Å². The number of rotatable bonds is 9. The molecule has 0 aliphatic carbocycles. The van der Waals surface area contributed by atoms with Crippen LogP contribution in [-0.4, -0.2) is 30.9 Å². The number of ketones is 1. The van der Waals surface area contributed by atoms with Crippen molar-refractivity contribution in [2.45, 2.75) is 20.4 Å². The molecule has 142 valence electrons. The smallest absolute Gasteiger partial charge is 0.270 e. The maximum Gasteiger partial charge on any atom is 0.270 e. The van der Waals surface area contributed by atoms with Crippen LogP contribution >= 0.6 is 0 Å². The summed E-state index contributed by atoms with van der Waals surface area (Å²) in [5.74, 6) is 0.619. The van der Waals surface area contributed by atoms with Crippen LogP contribution in [0.4, 0.5) is 5.69 Å². The summed E-state index contributed by atoms with van der Waals surface area (Å²) in [6, 6.07) is 11.6. The molecule has 1 N–H and O–H groups in total. The van der Waals surface area contributed by atoms with Crippen molar-refractivity contribution in [2.24, 2.45) is 0 Å². The zero-order chi connectivity index (χ0) is 19.8. The van der Waals surface area contributed by atoms with Crippen LogP contribution in [-0.2, 0) is 6.54 Å². The largest absolute Gasteiger partial charge is 0.496 e. The van der Waals surface area contributed by atoms with E-state index in [2.05, 4.69) is 13.8 Å². The standard InChI is InChI=1S/C21H24N2O4/c1-4-22(5-2)15-18-14-17(10-12-21(18)27-3)20(24)11-9-16-7-6-8-19(13-16)23(25)26/h6-14H,4-5,15H2,1-3H3/p+1/b11-9+. The number of carbonyl (C=O) groups excluding carboxylic acids is 1. The molecule has 6 heteroatoms. The summed E-state index contributed by atoms with van der Waals surface area (Å²) in [4.78, 5) is 24.3. The molecule has 27 heavy (non-hydrogen) atoms. The molecule has 0 spiro atoms. The molecule has 0 bridgehead atoms. The average Bonchev–Trinajstić information content (AvgIpc) is 2.70.